The lowest BCUT2D eigenvalue weighted by atomic mass is 10.2. The Balaban J connectivity index is 0.000000281. The van der Waals surface area contributed by atoms with Crippen molar-refractivity contribution in [2.24, 2.45) is 11.7 Å². The number of rotatable bonds is 3. The van der Waals surface area contributed by atoms with Gasteiger partial charge in [-0.1, -0.05) is 44.2 Å². The van der Waals surface area contributed by atoms with Gasteiger partial charge in [-0.2, -0.15) is 0 Å². The first kappa shape index (κ1) is 14.6. The molecule has 0 aromatic heterocycles. The van der Waals surface area contributed by atoms with E-state index < -0.39 is 0 Å². The maximum Gasteiger partial charge on any atom is 0.222 e. The molecule has 0 radical (unpaired) electrons. The molecule has 0 saturated heterocycles. The Kier molecular flexibility index (Phi) is 8.17. The first-order chi connectivity index (χ1) is 7.61. The predicted octanol–water partition coefficient (Wildman–Crippen LogP) is 1.92. The molecular weight excluding hydrogens is 200 g/mol. The van der Waals surface area contributed by atoms with Gasteiger partial charge in [0.05, 0.1) is 0 Å². The van der Waals surface area contributed by atoms with E-state index in [0.29, 0.717) is 6.54 Å². The Morgan fingerprint density at radius 3 is 2.12 bits per heavy atom. The molecule has 1 amide bonds. The van der Waals surface area contributed by atoms with E-state index in [9.17, 15) is 4.79 Å². The van der Waals surface area contributed by atoms with Gasteiger partial charge in [-0.15, -0.1) is 0 Å². The third-order valence-corrected chi connectivity index (χ3v) is 1.95. The number of nitrogens with one attached hydrogen (secondary N) is 1. The fraction of sp³-hybridized carbons (Fsp3) is 0.462. The minimum absolute atomic E-state index is 0.120. The topological polar surface area (TPSA) is 55.1 Å². The van der Waals surface area contributed by atoms with E-state index in [1.54, 1.807) is 0 Å². The highest BCUT2D eigenvalue weighted by atomic mass is 16.1. The third kappa shape index (κ3) is 7.01. The molecule has 0 saturated carbocycles. The van der Waals surface area contributed by atoms with Crippen LogP contribution in [0, 0.1) is 5.92 Å². The molecule has 0 bridgehead atoms. The number of benzene rings is 1. The summed E-state index contributed by atoms with van der Waals surface area (Å²) in [5.74, 6) is 0.252. The van der Waals surface area contributed by atoms with Gasteiger partial charge in [0.2, 0.25) is 5.91 Å². The summed E-state index contributed by atoms with van der Waals surface area (Å²) < 4.78 is 0. The van der Waals surface area contributed by atoms with Gasteiger partial charge in [-0.3, -0.25) is 4.79 Å². The molecule has 0 unspecified atom stereocenters. The summed E-state index contributed by atoms with van der Waals surface area (Å²) in [5, 5.41) is 2.71. The maximum atomic E-state index is 10.6. The zero-order valence-corrected chi connectivity index (χ0v) is 10.4. The highest BCUT2D eigenvalue weighted by Crippen LogP contribution is 1.94. The van der Waals surface area contributed by atoms with Crippen LogP contribution in [0.5, 0.6) is 0 Å². The molecule has 0 aliphatic heterocycles. The molecule has 0 fully saturated rings. The Morgan fingerprint density at radius 2 is 1.88 bits per heavy atom. The lowest BCUT2D eigenvalue weighted by molar-refractivity contribution is -0.123. The van der Waals surface area contributed by atoms with Crippen LogP contribution >= 0.6 is 0 Å². The fourth-order valence-electron chi connectivity index (χ4n) is 0.992. The van der Waals surface area contributed by atoms with Crippen molar-refractivity contribution in [1.29, 1.82) is 0 Å². The molecule has 90 valence electrons. The van der Waals surface area contributed by atoms with Crippen LogP contribution in [0.1, 0.15) is 26.3 Å². The van der Waals surface area contributed by atoms with Crippen molar-refractivity contribution in [3.8, 4) is 0 Å². The van der Waals surface area contributed by atoms with Gasteiger partial charge in [0.1, 0.15) is 0 Å². The second kappa shape index (κ2) is 8.92. The van der Waals surface area contributed by atoms with E-state index in [1.165, 1.54) is 5.56 Å². The largest absolute Gasteiger partial charge is 0.356 e. The predicted molar refractivity (Wildman–Crippen MR) is 67.9 cm³/mol. The lowest BCUT2D eigenvalue weighted by Gasteiger charge is -2.02. The molecule has 0 spiro atoms. The monoisotopic (exact) mass is 222 g/mol. The normalized spacial score (nSPS) is 9.31. The van der Waals surface area contributed by atoms with Crippen molar-refractivity contribution in [1.82, 2.24) is 5.32 Å². The van der Waals surface area contributed by atoms with E-state index in [4.69, 9.17) is 5.73 Å². The molecule has 0 heterocycles. The van der Waals surface area contributed by atoms with E-state index >= 15 is 0 Å². The van der Waals surface area contributed by atoms with Crippen molar-refractivity contribution in [2.45, 2.75) is 27.3 Å². The van der Waals surface area contributed by atoms with Crippen molar-refractivity contribution in [3.63, 3.8) is 0 Å². The number of hydrogen-bond donors (Lipinski definition) is 2. The molecule has 0 aliphatic carbocycles. The third-order valence-electron chi connectivity index (χ3n) is 1.95. The Bertz CT molecular complexity index is 283. The van der Waals surface area contributed by atoms with E-state index in [2.05, 4.69) is 5.32 Å². The summed E-state index contributed by atoms with van der Waals surface area (Å²) in [6.07, 6.45) is 0. The lowest BCUT2D eigenvalue weighted by Crippen LogP contribution is -2.26. The van der Waals surface area contributed by atoms with Gasteiger partial charge >= 0.3 is 0 Å². The van der Waals surface area contributed by atoms with Crippen LogP contribution in [0.4, 0.5) is 0 Å². The molecule has 0 atom stereocenters. The number of amides is 1. The zero-order chi connectivity index (χ0) is 12.4. The average Bonchev–Trinajstić information content (AvgIpc) is 2.31. The smallest absolute Gasteiger partial charge is 0.222 e. The summed E-state index contributed by atoms with van der Waals surface area (Å²) in [4.78, 5) is 10.6. The van der Waals surface area contributed by atoms with Crippen molar-refractivity contribution < 1.29 is 4.79 Å². The van der Waals surface area contributed by atoms with Crippen LogP contribution in [-0.2, 0) is 11.3 Å². The summed E-state index contributed by atoms with van der Waals surface area (Å²) >= 11 is 0. The minimum atomic E-state index is 0.120. The van der Waals surface area contributed by atoms with Crippen molar-refractivity contribution in [3.05, 3.63) is 35.9 Å². The highest BCUT2D eigenvalue weighted by molar-refractivity contribution is 5.77. The van der Waals surface area contributed by atoms with E-state index in [0.717, 1.165) is 6.54 Å². The van der Waals surface area contributed by atoms with Gasteiger partial charge in [0.25, 0.3) is 0 Å². The van der Waals surface area contributed by atoms with Crippen LogP contribution in [-0.4, -0.2) is 12.5 Å². The van der Waals surface area contributed by atoms with Crippen molar-refractivity contribution in [2.75, 3.05) is 6.54 Å². The molecule has 3 N–H and O–H groups in total. The molecule has 0 aliphatic rings. The number of nitrogens with two attached hydrogens (primary N) is 1. The van der Waals surface area contributed by atoms with E-state index in [-0.39, 0.29) is 11.8 Å². The van der Waals surface area contributed by atoms with Gasteiger partial charge in [0.15, 0.2) is 0 Å². The first-order valence-electron chi connectivity index (χ1n) is 5.63. The number of carbonyl (C=O) groups excluding carboxylic acids is 1. The van der Waals surface area contributed by atoms with Gasteiger partial charge in [-0.25, -0.2) is 0 Å². The second-order valence-corrected chi connectivity index (χ2v) is 3.74. The molecule has 3 nitrogen and oxygen atoms in total. The summed E-state index contributed by atoms with van der Waals surface area (Å²) in [6, 6.07) is 9.99. The maximum absolute atomic E-state index is 10.6. The quantitative estimate of drug-likeness (QED) is 0.821. The first-order valence-corrected chi connectivity index (χ1v) is 5.63. The number of hydrogen-bond acceptors (Lipinski definition) is 2. The molecule has 1 aromatic rings. The van der Waals surface area contributed by atoms with Gasteiger partial charge < -0.3 is 11.1 Å². The SMILES string of the molecule is CCNC(=O)C(C)C.NCc1ccccc1. The minimum Gasteiger partial charge on any atom is -0.356 e. The van der Waals surface area contributed by atoms with Crippen LogP contribution in [0.25, 0.3) is 0 Å². The Morgan fingerprint density at radius 1 is 1.31 bits per heavy atom. The Labute approximate surface area is 98.0 Å². The van der Waals surface area contributed by atoms with E-state index in [1.807, 2.05) is 51.1 Å². The molecule has 1 rings (SSSR count). The summed E-state index contributed by atoms with van der Waals surface area (Å²) in [7, 11) is 0. The highest BCUT2D eigenvalue weighted by Gasteiger charge is 2.02. The van der Waals surface area contributed by atoms with Crippen LogP contribution in [0.2, 0.25) is 0 Å². The second-order valence-electron chi connectivity index (χ2n) is 3.74. The fourth-order valence-corrected chi connectivity index (χ4v) is 0.992. The molecule has 3 heteroatoms. The summed E-state index contributed by atoms with van der Waals surface area (Å²) in [6.45, 7) is 7.05. The number of carbonyl (C=O) groups is 1. The van der Waals surface area contributed by atoms with Gasteiger partial charge in [0, 0.05) is 19.0 Å². The average molecular weight is 222 g/mol. The van der Waals surface area contributed by atoms with Crippen LogP contribution < -0.4 is 11.1 Å². The molecule has 16 heavy (non-hydrogen) atoms. The Hall–Kier alpha value is -1.35. The van der Waals surface area contributed by atoms with Crippen LogP contribution in [0.15, 0.2) is 30.3 Å². The zero-order valence-electron chi connectivity index (χ0n) is 10.4. The summed E-state index contributed by atoms with van der Waals surface area (Å²) in [5.41, 5.74) is 6.54. The van der Waals surface area contributed by atoms with Crippen LogP contribution in [0.3, 0.4) is 0 Å². The molecular formula is C13H22N2O. The standard InChI is InChI=1S/C7H9N.C6H13NO/c8-6-7-4-2-1-3-5-7;1-4-7-6(8)5(2)3/h1-5H,6,8H2;5H,4H2,1-3H3,(H,7,8). The van der Waals surface area contributed by atoms with Gasteiger partial charge in [-0.05, 0) is 12.5 Å². The van der Waals surface area contributed by atoms with Crippen molar-refractivity contribution >= 4 is 5.91 Å². The molecule has 1 aromatic carbocycles.